The van der Waals surface area contributed by atoms with Crippen LogP contribution in [0.25, 0.3) is 0 Å². The van der Waals surface area contributed by atoms with Gasteiger partial charge in [-0.3, -0.25) is 9.59 Å². The van der Waals surface area contributed by atoms with Gasteiger partial charge in [-0.25, -0.2) is 0 Å². The average Bonchev–Trinajstić information content (AvgIpc) is 3.33. The predicted octanol–water partition coefficient (Wildman–Crippen LogP) is 4.28. The van der Waals surface area contributed by atoms with E-state index in [9.17, 15) is 9.59 Å². The summed E-state index contributed by atoms with van der Waals surface area (Å²) < 4.78 is 17.3. The van der Waals surface area contributed by atoms with Crippen LogP contribution in [0.1, 0.15) is 61.5 Å². The van der Waals surface area contributed by atoms with Crippen molar-refractivity contribution >= 4 is 17.5 Å². The molecule has 7 nitrogen and oxygen atoms in total. The molecule has 0 bridgehead atoms. The van der Waals surface area contributed by atoms with Crippen LogP contribution in [-0.4, -0.2) is 55.4 Å². The van der Waals surface area contributed by atoms with E-state index in [1.165, 1.54) is 5.56 Å². The van der Waals surface area contributed by atoms with Gasteiger partial charge in [-0.05, 0) is 47.2 Å². The Kier molecular flexibility index (Phi) is 6.32. The summed E-state index contributed by atoms with van der Waals surface area (Å²) in [5, 5.41) is 0. The van der Waals surface area contributed by atoms with Crippen molar-refractivity contribution in [3.63, 3.8) is 0 Å². The quantitative estimate of drug-likeness (QED) is 0.642. The Morgan fingerprint density at radius 3 is 2.51 bits per heavy atom. The average molecular weight is 479 g/mol. The second-order valence-electron chi connectivity index (χ2n) is 10.3. The molecule has 2 aromatic rings. The molecule has 1 spiro atoms. The minimum absolute atomic E-state index is 0.000354. The van der Waals surface area contributed by atoms with Crippen molar-refractivity contribution in [2.75, 3.05) is 37.8 Å². The van der Waals surface area contributed by atoms with E-state index in [1.807, 2.05) is 35.2 Å². The van der Waals surface area contributed by atoms with Crippen molar-refractivity contribution < 1.29 is 23.8 Å². The van der Waals surface area contributed by atoms with Crippen LogP contribution >= 0.6 is 0 Å². The summed E-state index contributed by atoms with van der Waals surface area (Å²) in [5.41, 5.74) is 3.50. The summed E-state index contributed by atoms with van der Waals surface area (Å²) in [7, 11) is 0. The summed E-state index contributed by atoms with van der Waals surface area (Å²) in [6.45, 7) is 9.42. The standard InChI is InChI=1S/C28H34N2O5/c1-4-27(2,3)22-8-9-24-23(17-22)30(25(31)19-33-24)18-20-6-5-7-21(16-20)26(32)29-12-10-28(11-13-29)34-14-15-35-28/h5-9,16-17H,4,10-15,18-19H2,1-3H3. The van der Waals surface area contributed by atoms with Crippen molar-refractivity contribution in [2.45, 2.75) is 57.8 Å². The first-order chi connectivity index (χ1) is 16.8. The van der Waals surface area contributed by atoms with Gasteiger partial charge in [0.25, 0.3) is 11.8 Å². The summed E-state index contributed by atoms with van der Waals surface area (Å²) in [6.07, 6.45) is 2.36. The Morgan fingerprint density at radius 1 is 1.06 bits per heavy atom. The monoisotopic (exact) mass is 478 g/mol. The van der Waals surface area contributed by atoms with Crippen LogP contribution in [0.3, 0.4) is 0 Å². The van der Waals surface area contributed by atoms with Gasteiger partial charge in [0.2, 0.25) is 0 Å². The molecule has 2 aromatic carbocycles. The Labute approximate surface area is 206 Å². The van der Waals surface area contributed by atoms with E-state index in [2.05, 4.69) is 32.9 Å². The molecule has 2 saturated heterocycles. The minimum atomic E-state index is -0.506. The second kappa shape index (κ2) is 9.28. The number of anilines is 1. The molecule has 3 aliphatic rings. The van der Waals surface area contributed by atoms with E-state index in [0.29, 0.717) is 57.0 Å². The number of amides is 2. The molecule has 3 heterocycles. The minimum Gasteiger partial charge on any atom is -0.482 e. The topological polar surface area (TPSA) is 68.3 Å². The second-order valence-corrected chi connectivity index (χ2v) is 10.3. The van der Waals surface area contributed by atoms with E-state index in [-0.39, 0.29) is 23.8 Å². The molecule has 0 aromatic heterocycles. The lowest BCUT2D eigenvalue weighted by Crippen LogP contribution is -2.47. The van der Waals surface area contributed by atoms with Gasteiger partial charge in [0.15, 0.2) is 12.4 Å². The van der Waals surface area contributed by atoms with Gasteiger partial charge < -0.3 is 24.0 Å². The molecule has 0 saturated carbocycles. The fourth-order valence-corrected chi connectivity index (χ4v) is 5.00. The predicted molar refractivity (Wildman–Crippen MR) is 133 cm³/mol. The van der Waals surface area contributed by atoms with Gasteiger partial charge in [-0.15, -0.1) is 0 Å². The SMILES string of the molecule is CCC(C)(C)c1ccc2c(c1)N(Cc1cccc(C(=O)N3CCC4(CC3)OCCO4)c1)C(=O)CO2. The summed E-state index contributed by atoms with van der Waals surface area (Å²) in [4.78, 5) is 29.8. The molecule has 3 aliphatic heterocycles. The van der Waals surface area contributed by atoms with Crippen LogP contribution in [0.15, 0.2) is 42.5 Å². The number of rotatable bonds is 5. The molecular weight excluding hydrogens is 444 g/mol. The summed E-state index contributed by atoms with van der Waals surface area (Å²) >= 11 is 0. The Hall–Kier alpha value is -2.90. The molecule has 5 rings (SSSR count). The van der Waals surface area contributed by atoms with Gasteiger partial charge >= 0.3 is 0 Å². The first-order valence-electron chi connectivity index (χ1n) is 12.5. The van der Waals surface area contributed by atoms with Gasteiger partial charge in [0, 0.05) is 31.5 Å². The van der Waals surface area contributed by atoms with Crippen LogP contribution in [0.4, 0.5) is 5.69 Å². The van der Waals surface area contributed by atoms with Gasteiger partial charge in [-0.2, -0.15) is 0 Å². The Morgan fingerprint density at radius 2 is 1.80 bits per heavy atom. The molecule has 2 amide bonds. The molecule has 0 aliphatic carbocycles. The van der Waals surface area contributed by atoms with Gasteiger partial charge in [0.1, 0.15) is 5.75 Å². The lowest BCUT2D eigenvalue weighted by atomic mass is 9.82. The maximum atomic E-state index is 13.2. The van der Waals surface area contributed by atoms with Gasteiger partial charge in [0.05, 0.1) is 25.4 Å². The number of likely N-dealkylation sites (tertiary alicyclic amines) is 1. The number of ether oxygens (including phenoxy) is 3. The molecule has 2 fully saturated rings. The van der Waals surface area contributed by atoms with Crippen molar-refractivity contribution in [1.29, 1.82) is 0 Å². The van der Waals surface area contributed by atoms with E-state index >= 15 is 0 Å². The van der Waals surface area contributed by atoms with Crippen molar-refractivity contribution in [2.24, 2.45) is 0 Å². The highest BCUT2D eigenvalue weighted by Gasteiger charge is 2.41. The Bertz CT molecular complexity index is 1110. The smallest absolute Gasteiger partial charge is 0.265 e. The zero-order chi connectivity index (χ0) is 24.6. The van der Waals surface area contributed by atoms with Crippen molar-refractivity contribution in [1.82, 2.24) is 4.90 Å². The van der Waals surface area contributed by atoms with Crippen molar-refractivity contribution in [3.8, 4) is 5.75 Å². The molecule has 0 unspecified atom stereocenters. The number of fused-ring (bicyclic) bond motifs is 1. The maximum Gasteiger partial charge on any atom is 0.265 e. The lowest BCUT2D eigenvalue weighted by molar-refractivity contribution is -0.181. The number of hydrogen-bond donors (Lipinski definition) is 0. The first kappa shape index (κ1) is 23.8. The van der Waals surface area contributed by atoms with E-state index in [4.69, 9.17) is 14.2 Å². The highest BCUT2D eigenvalue weighted by molar-refractivity contribution is 5.98. The normalized spacial score (nSPS) is 19.6. The van der Waals surface area contributed by atoms with Crippen molar-refractivity contribution in [3.05, 3.63) is 59.2 Å². The largest absolute Gasteiger partial charge is 0.482 e. The molecule has 0 atom stereocenters. The fraction of sp³-hybridized carbons (Fsp3) is 0.500. The number of carbonyl (C=O) groups excluding carboxylic acids is 2. The summed E-state index contributed by atoms with van der Waals surface area (Å²) in [6, 6.07) is 13.7. The highest BCUT2D eigenvalue weighted by Crippen LogP contribution is 2.38. The molecule has 7 heteroatoms. The summed E-state index contributed by atoms with van der Waals surface area (Å²) in [5.74, 6) is 0.124. The molecular formula is C28H34N2O5. The van der Waals surface area contributed by atoms with E-state index in [1.54, 1.807) is 4.90 Å². The fourth-order valence-electron chi connectivity index (χ4n) is 5.00. The van der Waals surface area contributed by atoms with Crippen LogP contribution in [0, 0.1) is 0 Å². The van der Waals surface area contributed by atoms with Crippen LogP contribution in [0.5, 0.6) is 5.75 Å². The zero-order valence-corrected chi connectivity index (χ0v) is 20.8. The van der Waals surface area contributed by atoms with E-state index in [0.717, 1.165) is 17.7 Å². The number of piperidine rings is 1. The van der Waals surface area contributed by atoms with Crippen LogP contribution < -0.4 is 9.64 Å². The van der Waals surface area contributed by atoms with E-state index < -0.39 is 5.79 Å². The third-order valence-electron chi connectivity index (χ3n) is 7.71. The molecule has 0 radical (unpaired) electrons. The molecule has 35 heavy (non-hydrogen) atoms. The molecule has 0 N–H and O–H groups in total. The number of benzene rings is 2. The third-order valence-corrected chi connectivity index (χ3v) is 7.71. The van der Waals surface area contributed by atoms with Crippen LogP contribution in [0.2, 0.25) is 0 Å². The highest BCUT2D eigenvalue weighted by atomic mass is 16.7. The third kappa shape index (κ3) is 4.67. The van der Waals surface area contributed by atoms with Crippen LogP contribution in [-0.2, 0) is 26.2 Å². The maximum absolute atomic E-state index is 13.2. The number of carbonyl (C=O) groups is 2. The first-order valence-corrected chi connectivity index (χ1v) is 12.5. The Balaban J connectivity index is 1.34. The lowest BCUT2D eigenvalue weighted by Gasteiger charge is -2.37. The zero-order valence-electron chi connectivity index (χ0n) is 20.8. The number of hydrogen-bond acceptors (Lipinski definition) is 5. The molecule has 186 valence electrons. The number of nitrogens with zero attached hydrogens (tertiary/aromatic N) is 2. The van der Waals surface area contributed by atoms with Gasteiger partial charge in [-0.1, -0.05) is 39.0 Å².